The molecule has 0 aliphatic carbocycles. The summed E-state index contributed by atoms with van der Waals surface area (Å²) in [5, 5.41) is 12.0. The molecule has 0 bridgehead atoms. The quantitative estimate of drug-likeness (QED) is 0.861. The molecule has 1 aromatic carbocycles. The van der Waals surface area contributed by atoms with Gasteiger partial charge in [0.15, 0.2) is 0 Å². The molecule has 1 amide bonds. The summed E-state index contributed by atoms with van der Waals surface area (Å²) in [6.07, 6.45) is 1.74. The molecule has 2 aromatic rings. The summed E-state index contributed by atoms with van der Waals surface area (Å²) in [4.78, 5) is 12.6. The zero-order valence-corrected chi connectivity index (χ0v) is 16.7. The molecule has 1 N–H and O–H groups in total. The third-order valence-corrected chi connectivity index (χ3v) is 7.25. The molecule has 0 spiro atoms. The van der Waals surface area contributed by atoms with Crippen LogP contribution in [0.15, 0.2) is 29.2 Å². The van der Waals surface area contributed by atoms with E-state index in [1.807, 2.05) is 20.8 Å². The van der Waals surface area contributed by atoms with E-state index in [1.54, 1.807) is 12.1 Å². The molecule has 1 aromatic heterocycles. The normalized spacial score (nSPS) is 16.0. The van der Waals surface area contributed by atoms with Crippen molar-refractivity contribution in [1.82, 2.24) is 14.5 Å². The predicted octanol–water partition coefficient (Wildman–Crippen LogP) is 2.87. The van der Waals surface area contributed by atoms with Gasteiger partial charge in [-0.1, -0.05) is 38.2 Å². The van der Waals surface area contributed by atoms with Crippen molar-refractivity contribution in [3.05, 3.63) is 34.8 Å². The highest BCUT2D eigenvalue weighted by Gasteiger charge is 2.28. The average Bonchev–Trinajstić information content (AvgIpc) is 3.26. The van der Waals surface area contributed by atoms with Crippen molar-refractivity contribution < 1.29 is 13.2 Å². The lowest BCUT2D eigenvalue weighted by Gasteiger charge is -2.15. The van der Waals surface area contributed by atoms with Crippen molar-refractivity contribution in [2.75, 3.05) is 18.4 Å². The Balaban J connectivity index is 1.79. The van der Waals surface area contributed by atoms with E-state index in [4.69, 9.17) is 0 Å². The lowest BCUT2D eigenvalue weighted by Crippen LogP contribution is -2.28. The second-order valence-electron chi connectivity index (χ2n) is 7.26. The van der Waals surface area contributed by atoms with Crippen LogP contribution >= 0.6 is 11.3 Å². The molecule has 3 rings (SSSR count). The van der Waals surface area contributed by atoms with Crippen LogP contribution in [0.2, 0.25) is 0 Å². The fourth-order valence-electron chi connectivity index (χ4n) is 2.62. The second kappa shape index (κ2) is 7.05. The summed E-state index contributed by atoms with van der Waals surface area (Å²) in [7, 11) is -3.55. The first kappa shape index (κ1) is 18.9. The number of amides is 1. The summed E-state index contributed by atoms with van der Waals surface area (Å²) in [5.41, 5.74) is 0.127. The van der Waals surface area contributed by atoms with Gasteiger partial charge in [-0.15, -0.1) is 10.2 Å². The number of rotatable bonds is 4. The summed E-state index contributed by atoms with van der Waals surface area (Å²) < 4.78 is 26.8. The number of hydrogen-bond donors (Lipinski definition) is 1. The molecule has 7 nitrogen and oxygen atoms in total. The van der Waals surface area contributed by atoms with Crippen LogP contribution in [0.25, 0.3) is 0 Å². The van der Waals surface area contributed by atoms with Crippen molar-refractivity contribution >= 4 is 32.4 Å². The van der Waals surface area contributed by atoms with Gasteiger partial charge in [0.1, 0.15) is 5.01 Å². The number of sulfonamides is 1. The van der Waals surface area contributed by atoms with Crippen molar-refractivity contribution in [3.8, 4) is 0 Å². The van der Waals surface area contributed by atoms with E-state index < -0.39 is 15.9 Å². The lowest BCUT2D eigenvalue weighted by molar-refractivity contribution is 0.102. The van der Waals surface area contributed by atoms with Crippen LogP contribution in [0, 0.1) is 0 Å². The molecule has 1 saturated heterocycles. The Morgan fingerprint density at radius 1 is 1.19 bits per heavy atom. The molecular weight excluding hydrogens is 372 g/mol. The summed E-state index contributed by atoms with van der Waals surface area (Å²) in [6.45, 7) is 7.11. The molecule has 0 radical (unpaired) electrons. The predicted molar refractivity (Wildman–Crippen MR) is 101 cm³/mol. The fourth-order valence-corrected chi connectivity index (χ4v) is 4.98. The van der Waals surface area contributed by atoms with Gasteiger partial charge in [0.25, 0.3) is 5.91 Å². The van der Waals surface area contributed by atoms with Gasteiger partial charge in [-0.25, -0.2) is 8.42 Å². The number of nitrogens with one attached hydrogen (secondary N) is 1. The highest BCUT2D eigenvalue weighted by Crippen LogP contribution is 2.28. The van der Waals surface area contributed by atoms with Gasteiger partial charge in [0.05, 0.1) is 4.90 Å². The maximum Gasteiger partial charge on any atom is 0.257 e. The van der Waals surface area contributed by atoms with Crippen LogP contribution in [-0.2, 0) is 15.4 Å². The van der Waals surface area contributed by atoms with Crippen LogP contribution in [0.3, 0.4) is 0 Å². The fraction of sp³-hybridized carbons (Fsp3) is 0.471. The Bertz CT molecular complexity index is 910. The van der Waals surface area contributed by atoms with Gasteiger partial charge in [-0.05, 0) is 31.0 Å². The van der Waals surface area contributed by atoms with E-state index in [-0.39, 0.29) is 15.9 Å². The second-order valence-corrected chi connectivity index (χ2v) is 10.2. The third kappa shape index (κ3) is 3.94. The van der Waals surface area contributed by atoms with Crippen LogP contribution in [0.4, 0.5) is 5.13 Å². The number of nitrogens with zero attached hydrogens (tertiary/aromatic N) is 3. The Hall–Kier alpha value is -1.84. The third-order valence-electron chi connectivity index (χ3n) is 4.09. The van der Waals surface area contributed by atoms with Crippen LogP contribution < -0.4 is 5.32 Å². The Kier molecular flexibility index (Phi) is 5.14. The topological polar surface area (TPSA) is 92.3 Å². The van der Waals surface area contributed by atoms with Crippen molar-refractivity contribution in [2.24, 2.45) is 0 Å². The van der Waals surface area contributed by atoms with Gasteiger partial charge in [0.2, 0.25) is 15.2 Å². The molecule has 9 heteroatoms. The highest BCUT2D eigenvalue weighted by atomic mass is 32.2. The zero-order chi connectivity index (χ0) is 18.9. The number of hydrogen-bond acceptors (Lipinski definition) is 6. The summed E-state index contributed by atoms with van der Waals surface area (Å²) in [6, 6.07) is 6.10. The lowest BCUT2D eigenvalue weighted by atomic mass is 9.98. The number of anilines is 1. The Morgan fingerprint density at radius 2 is 1.88 bits per heavy atom. The molecule has 26 heavy (non-hydrogen) atoms. The molecular formula is C17H22N4O3S2. The number of benzene rings is 1. The largest absolute Gasteiger partial charge is 0.296 e. The number of aromatic nitrogens is 2. The Labute approximate surface area is 157 Å². The van der Waals surface area contributed by atoms with Crippen LogP contribution in [0.1, 0.15) is 49.0 Å². The SMILES string of the molecule is CC(C)(C)c1nnc(NC(=O)c2cccc(S(=O)(=O)N3CCCC3)c2)s1. The molecule has 1 fully saturated rings. The molecule has 0 atom stereocenters. The van der Waals surface area contributed by atoms with Crippen molar-refractivity contribution in [3.63, 3.8) is 0 Å². The van der Waals surface area contributed by atoms with Gasteiger partial charge < -0.3 is 0 Å². The van der Waals surface area contributed by atoms with Crippen molar-refractivity contribution in [2.45, 2.75) is 43.9 Å². The van der Waals surface area contributed by atoms with Gasteiger partial charge in [0, 0.05) is 24.1 Å². The monoisotopic (exact) mass is 394 g/mol. The summed E-state index contributed by atoms with van der Waals surface area (Å²) >= 11 is 1.31. The van der Waals surface area contributed by atoms with E-state index in [2.05, 4.69) is 15.5 Å². The van der Waals surface area contributed by atoms with Crippen molar-refractivity contribution in [1.29, 1.82) is 0 Å². The van der Waals surface area contributed by atoms with Crippen LogP contribution in [-0.4, -0.2) is 41.9 Å². The van der Waals surface area contributed by atoms with Gasteiger partial charge >= 0.3 is 0 Å². The first-order chi connectivity index (χ1) is 12.2. The van der Waals surface area contributed by atoms with E-state index >= 15 is 0 Å². The van der Waals surface area contributed by atoms with Gasteiger partial charge in [-0.3, -0.25) is 10.1 Å². The standard InChI is InChI=1S/C17H22N4O3S2/c1-17(2,3)15-19-20-16(25-15)18-14(22)12-7-6-8-13(11-12)26(23,24)21-9-4-5-10-21/h6-8,11H,4-5,9-10H2,1-3H3,(H,18,20,22). The maximum atomic E-state index is 12.7. The minimum atomic E-state index is -3.55. The Morgan fingerprint density at radius 3 is 2.50 bits per heavy atom. The van der Waals surface area contributed by atoms with Crippen LogP contribution in [0.5, 0.6) is 0 Å². The smallest absolute Gasteiger partial charge is 0.257 e. The van der Waals surface area contributed by atoms with E-state index in [0.29, 0.717) is 18.2 Å². The van der Waals surface area contributed by atoms with E-state index in [9.17, 15) is 13.2 Å². The number of carbonyl (C=O) groups is 1. The molecule has 1 aliphatic rings. The highest BCUT2D eigenvalue weighted by molar-refractivity contribution is 7.89. The molecule has 1 aliphatic heterocycles. The average molecular weight is 395 g/mol. The summed E-state index contributed by atoms with van der Waals surface area (Å²) in [5.74, 6) is -0.403. The van der Waals surface area contributed by atoms with E-state index in [1.165, 1.54) is 27.8 Å². The van der Waals surface area contributed by atoms with Gasteiger partial charge in [-0.2, -0.15) is 4.31 Å². The maximum absolute atomic E-state index is 12.7. The molecule has 0 saturated carbocycles. The minimum absolute atomic E-state index is 0.139. The molecule has 140 valence electrons. The minimum Gasteiger partial charge on any atom is -0.296 e. The molecule has 2 heterocycles. The van der Waals surface area contributed by atoms with E-state index in [0.717, 1.165) is 17.8 Å². The molecule has 0 unspecified atom stereocenters. The number of carbonyl (C=O) groups excluding carboxylic acids is 1. The first-order valence-electron chi connectivity index (χ1n) is 8.43. The zero-order valence-electron chi connectivity index (χ0n) is 15.0. The first-order valence-corrected chi connectivity index (χ1v) is 10.7.